The van der Waals surface area contributed by atoms with Crippen molar-refractivity contribution in [1.29, 1.82) is 0 Å². The van der Waals surface area contributed by atoms with E-state index < -0.39 is 0 Å². The van der Waals surface area contributed by atoms with Gasteiger partial charge in [-0.05, 0) is 54.6 Å². The molecule has 47 heavy (non-hydrogen) atoms. The van der Waals surface area contributed by atoms with Crippen LogP contribution in [0.5, 0.6) is 23.0 Å². The summed E-state index contributed by atoms with van der Waals surface area (Å²) in [5.74, 6) is 2.90. The smallest absolute Gasteiger partial charge is 0.195 e. The Bertz CT molecular complexity index is 2910. The molecule has 0 spiro atoms. The lowest BCUT2D eigenvalue weighted by Gasteiger charge is -2.23. The molecule has 0 unspecified atom stereocenters. The second kappa shape index (κ2) is 9.25. The predicted molar refractivity (Wildman–Crippen MR) is 195 cm³/mol. The Kier molecular flexibility index (Phi) is 4.96. The molecule has 1 aliphatic heterocycles. The van der Waals surface area contributed by atoms with Crippen LogP contribution in [0.4, 0.5) is 0 Å². The maximum Gasteiger partial charge on any atom is 0.195 e. The van der Waals surface area contributed by atoms with Crippen molar-refractivity contribution in [2.75, 3.05) is 0 Å². The molecule has 5 heteroatoms. The van der Waals surface area contributed by atoms with Crippen LogP contribution in [0.3, 0.4) is 0 Å². The monoisotopic (exact) mass is 620 g/mol. The van der Waals surface area contributed by atoms with Gasteiger partial charge in [0.05, 0.1) is 21.9 Å². The number of para-hydroxylation sites is 5. The SMILES string of the molecule is c1ccc(-n2c3ccccc3c3c2c2c(c4c5ccccc5n(-c5ccc6c(c5)sc5ccccc56)c43)Oc3ccccc3O2)cc1. The second-order valence-corrected chi connectivity index (χ2v) is 13.2. The highest BCUT2D eigenvalue weighted by molar-refractivity contribution is 7.25. The molecule has 0 aliphatic carbocycles. The average Bonchev–Trinajstić information content (AvgIpc) is 3.79. The number of ether oxygens (including phenoxy) is 2. The fraction of sp³-hybridized carbons (Fsp3) is 0. The quantitative estimate of drug-likeness (QED) is 0.192. The van der Waals surface area contributed by atoms with Gasteiger partial charge in [-0.2, -0.15) is 0 Å². The number of hydrogen-bond donors (Lipinski definition) is 0. The molecule has 220 valence electrons. The summed E-state index contributed by atoms with van der Waals surface area (Å²) in [5.41, 5.74) is 6.51. The molecule has 1 aliphatic rings. The zero-order valence-electron chi connectivity index (χ0n) is 25.0. The van der Waals surface area contributed by atoms with Gasteiger partial charge in [0.15, 0.2) is 23.0 Å². The normalized spacial score (nSPS) is 12.6. The van der Waals surface area contributed by atoms with E-state index in [0.717, 1.165) is 66.5 Å². The van der Waals surface area contributed by atoms with E-state index in [1.54, 1.807) is 0 Å². The average molecular weight is 621 g/mol. The molecule has 0 N–H and O–H groups in total. The van der Waals surface area contributed by atoms with E-state index in [1.807, 2.05) is 35.6 Å². The van der Waals surface area contributed by atoms with Crippen LogP contribution in [0.1, 0.15) is 0 Å². The summed E-state index contributed by atoms with van der Waals surface area (Å²) in [4.78, 5) is 0. The van der Waals surface area contributed by atoms with Crippen LogP contribution in [-0.2, 0) is 0 Å². The summed E-state index contributed by atoms with van der Waals surface area (Å²) >= 11 is 1.84. The highest BCUT2D eigenvalue weighted by atomic mass is 32.1. The largest absolute Gasteiger partial charge is 0.449 e. The van der Waals surface area contributed by atoms with Crippen molar-refractivity contribution in [1.82, 2.24) is 9.13 Å². The first-order chi connectivity index (χ1) is 23.3. The van der Waals surface area contributed by atoms with E-state index in [0.29, 0.717) is 11.5 Å². The molecule has 0 saturated heterocycles. The molecular weight excluding hydrogens is 597 g/mol. The number of thiophene rings is 1. The fourth-order valence-corrected chi connectivity index (χ4v) is 8.76. The van der Waals surface area contributed by atoms with Gasteiger partial charge >= 0.3 is 0 Å². The van der Waals surface area contributed by atoms with Crippen LogP contribution in [0.15, 0.2) is 146 Å². The molecule has 0 saturated carbocycles. The van der Waals surface area contributed by atoms with E-state index in [1.165, 1.54) is 20.2 Å². The summed E-state index contributed by atoms with van der Waals surface area (Å²) in [6.45, 7) is 0. The van der Waals surface area contributed by atoms with Crippen LogP contribution in [-0.4, -0.2) is 9.13 Å². The minimum Gasteiger partial charge on any atom is -0.449 e. The van der Waals surface area contributed by atoms with E-state index in [-0.39, 0.29) is 0 Å². The molecule has 7 aromatic carbocycles. The van der Waals surface area contributed by atoms with Crippen LogP contribution in [0.2, 0.25) is 0 Å². The van der Waals surface area contributed by atoms with Crippen molar-refractivity contribution in [3.63, 3.8) is 0 Å². The van der Waals surface area contributed by atoms with Gasteiger partial charge in [0.25, 0.3) is 0 Å². The third-order valence-corrected chi connectivity index (χ3v) is 10.7. The van der Waals surface area contributed by atoms with Gasteiger partial charge in [0, 0.05) is 47.7 Å². The first-order valence-electron chi connectivity index (χ1n) is 15.8. The summed E-state index contributed by atoms with van der Waals surface area (Å²) in [6, 6.07) is 51.4. The molecular formula is C42H24N2O2S. The van der Waals surface area contributed by atoms with Crippen molar-refractivity contribution < 1.29 is 9.47 Å². The number of hydrogen-bond acceptors (Lipinski definition) is 3. The molecule has 10 aromatic rings. The Morgan fingerprint density at radius 1 is 0.404 bits per heavy atom. The summed E-state index contributed by atoms with van der Waals surface area (Å²) in [6.07, 6.45) is 0. The maximum atomic E-state index is 6.90. The fourth-order valence-electron chi connectivity index (χ4n) is 7.62. The molecule has 0 fully saturated rings. The number of nitrogens with zero attached hydrogens (tertiary/aromatic N) is 2. The van der Waals surface area contributed by atoms with Crippen molar-refractivity contribution in [3.8, 4) is 34.4 Å². The number of rotatable bonds is 2. The van der Waals surface area contributed by atoms with Crippen molar-refractivity contribution in [2.45, 2.75) is 0 Å². The topological polar surface area (TPSA) is 28.3 Å². The number of aromatic nitrogens is 2. The second-order valence-electron chi connectivity index (χ2n) is 12.1. The molecule has 4 heterocycles. The molecule has 0 bridgehead atoms. The van der Waals surface area contributed by atoms with Gasteiger partial charge in [-0.15, -0.1) is 11.3 Å². The minimum absolute atomic E-state index is 0.712. The summed E-state index contributed by atoms with van der Waals surface area (Å²) < 4.78 is 21.1. The molecule has 0 amide bonds. The van der Waals surface area contributed by atoms with Gasteiger partial charge < -0.3 is 18.6 Å². The van der Waals surface area contributed by atoms with Crippen LogP contribution < -0.4 is 9.47 Å². The standard InChI is InChI=1S/C42H24N2O2S/c1-2-12-25(13-3-1)43-31-17-7-4-15-29(31)37-39-38(41-42(40(37)43)46-34-20-10-9-19-33(34)45-41)30-16-5-8-18-32(30)44(39)26-22-23-28-27-14-6-11-21-35(27)47-36(28)24-26/h1-24H. The highest BCUT2D eigenvalue weighted by Crippen LogP contribution is 2.57. The Morgan fingerprint density at radius 3 is 1.74 bits per heavy atom. The zero-order chi connectivity index (χ0) is 30.6. The minimum atomic E-state index is 0.712. The lowest BCUT2D eigenvalue weighted by molar-refractivity contribution is 0.366. The van der Waals surface area contributed by atoms with Gasteiger partial charge in [0.2, 0.25) is 0 Å². The van der Waals surface area contributed by atoms with Gasteiger partial charge in [-0.25, -0.2) is 0 Å². The summed E-state index contributed by atoms with van der Waals surface area (Å²) in [7, 11) is 0. The first kappa shape index (κ1) is 25.2. The van der Waals surface area contributed by atoms with Crippen LogP contribution in [0.25, 0.3) is 75.2 Å². The molecule has 0 atom stereocenters. The molecule has 3 aromatic heterocycles. The highest BCUT2D eigenvalue weighted by Gasteiger charge is 2.32. The predicted octanol–water partition coefficient (Wildman–Crippen LogP) is 12.1. The van der Waals surface area contributed by atoms with E-state index in [4.69, 9.17) is 9.47 Å². The van der Waals surface area contributed by atoms with E-state index in [9.17, 15) is 0 Å². The van der Waals surface area contributed by atoms with Crippen molar-refractivity contribution >= 4 is 75.1 Å². The lowest BCUT2D eigenvalue weighted by atomic mass is 10.0. The molecule has 11 rings (SSSR count). The Labute approximate surface area is 272 Å². The molecule has 0 radical (unpaired) electrons. The maximum absolute atomic E-state index is 6.90. The third kappa shape index (κ3) is 3.36. The van der Waals surface area contributed by atoms with Crippen LogP contribution in [0, 0.1) is 0 Å². The van der Waals surface area contributed by atoms with Crippen LogP contribution >= 0.6 is 11.3 Å². The number of benzene rings is 7. The van der Waals surface area contributed by atoms with Crippen molar-refractivity contribution in [2.24, 2.45) is 0 Å². The van der Waals surface area contributed by atoms with Gasteiger partial charge in [-0.1, -0.05) is 91.0 Å². The lowest BCUT2D eigenvalue weighted by Crippen LogP contribution is -2.03. The first-order valence-corrected chi connectivity index (χ1v) is 16.6. The Balaban J connectivity index is 1.38. The summed E-state index contributed by atoms with van der Waals surface area (Å²) in [5, 5.41) is 7.04. The molecule has 4 nitrogen and oxygen atoms in total. The van der Waals surface area contributed by atoms with E-state index in [2.05, 4.69) is 130 Å². The van der Waals surface area contributed by atoms with Gasteiger partial charge in [0.1, 0.15) is 5.52 Å². The zero-order valence-corrected chi connectivity index (χ0v) is 25.8. The number of fused-ring (bicyclic) bond motifs is 14. The third-order valence-electron chi connectivity index (χ3n) is 9.54. The Morgan fingerprint density at radius 2 is 0.979 bits per heavy atom. The Hall–Kier alpha value is -6.04. The van der Waals surface area contributed by atoms with Crippen molar-refractivity contribution in [3.05, 3.63) is 146 Å². The van der Waals surface area contributed by atoms with E-state index >= 15 is 0 Å². The van der Waals surface area contributed by atoms with Gasteiger partial charge in [-0.3, -0.25) is 0 Å².